The summed E-state index contributed by atoms with van der Waals surface area (Å²) in [6.07, 6.45) is -4.68. The summed E-state index contributed by atoms with van der Waals surface area (Å²) in [6.45, 7) is 1.81. The number of aliphatic carboxylic acids is 2. The van der Waals surface area contributed by atoms with Gasteiger partial charge < -0.3 is 10.2 Å². The van der Waals surface area contributed by atoms with Crippen LogP contribution in [0.1, 0.15) is 11.1 Å². The SMILES string of the molecule is CN(Cc1ccc(-c2ccn[nH]2)cc1)Cc1cccnc1.O=C(O)C(F)(F)F.O=C(O)C(F)(F)F. The molecule has 0 saturated carbocycles. The predicted octanol–water partition coefficient (Wildman–Crippen LogP) is 4.37. The van der Waals surface area contributed by atoms with Crippen molar-refractivity contribution < 1.29 is 46.1 Å². The molecule has 2 aromatic heterocycles. The molecule has 3 rings (SSSR count). The van der Waals surface area contributed by atoms with E-state index in [-0.39, 0.29) is 0 Å². The Morgan fingerprint density at radius 2 is 1.37 bits per heavy atom. The van der Waals surface area contributed by atoms with E-state index in [1.807, 2.05) is 18.3 Å². The average molecular weight is 506 g/mol. The van der Waals surface area contributed by atoms with Crippen molar-refractivity contribution in [2.75, 3.05) is 7.05 Å². The number of alkyl halides is 6. The quantitative estimate of drug-likeness (QED) is 0.440. The highest BCUT2D eigenvalue weighted by Gasteiger charge is 2.38. The zero-order valence-electron chi connectivity index (χ0n) is 18.0. The molecular weight excluding hydrogens is 486 g/mol. The molecule has 190 valence electrons. The summed E-state index contributed by atoms with van der Waals surface area (Å²) in [5.74, 6) is -5.51. The Morgan fingerprint density at radius 3 is 1.77 bits per heavy atom. The maximum atomic E-state index is 10.6. The van der Waals surface area contributed by atoms with Crippen LogP contribution in [-0.4, -0.2) is 61.6 Å². The van der Waals surface area contributed by atoms with Gasteiger partial charge in [0.25, 0.3) is 0 Å². The molecule has 0 aliphatic carbocycles. The molecule has 3 aromatic rings. The zero-order chi connectivity index (χ0) is 26.6. The predicted molar refractivity (Wildman–Crippen MR) is 111 cm³/mol. The minimum absolute atomic E-state index is 0.899. The second kappa shape index (κ2) is 13.1. The summed E-state index contributed by atoms with van der Waals surface area (Å²) >= 11 is 0. The summed E-state index contributed by atoms with van der Waals surface area (Å²) in [4.78, 5) is 24.2. The van der Waals surface area contributed by atoms with Gasteiger partial charge >= 0.3 is 24.3 Å². The van der Waals surface area contributed by atoms with Gasteiger partial charge in [-0.05, 0) is 35.9 Å². The minimum atomic E-state index is -5.08. The molecule has 0 aliphatic rings. The molecule has 14 heteroatoms. The number of hydrogen-bond acceptors (Lipinski definition) is 5. The lowest BCUT2D eigenvalue weighted by Gasteiger charge is -2.16. The van der Waals surface area contributed by atoms with E-state index in [2.05, 4.69) is 57.5 Å². The van der Waals surface area contributed by atoms with Crippen LogP contribution in [0.3, 0.4) is 0 Å². The van der Waals surface area contributed by atoms with Crippen LogP contribution in [0.25, 0.3) is 11.3 Å². The van der Waals surface area contributed by atoms with E-state index in [0.29, 0.717) is 0 Å². The van der Waals surface area contributed by atoms with Crippen LogP contribution in [0.4, 0.5) is 26.3 Å². The Hall–Kier alpha value is -3.94. The number of carboxylic acid groups (broad SMARTS) is 2. The summed E-state index contributed by atoms with van der Waals surface area (Å²) in [6, 6.07) is 14.6. The van der Waals surface area contributed by atoms with Gasteiger partial charge in [-0.15, -0.1) is 0 Å². The van der Waals surface area contributed by atoms with Gasteiger partial charge in [-0.25, -0.2) is 9.59 Å². The first-order valence-electron chi connectivity index (χ1n) is 9.46. The number of nitrogens with zero attached hydrogens (tertiary/aromatic N) is 3. The number of hydrogen-bond donors (Lipinski definition) is 3. The number of benzene rings is 1. The normalized spacial score (nSPS) is 11.1. The largest absolute Gasteiger partial charge is 0.490 e. The molecule has 0 fully saturated rings. The van der Waals surface area contributed by atoms with E-state index < -0.39 is 24.3 Å². The topological polar surface area (TPSA) is 119 Å². The standard InChI is InChI=1S/C17H18N4.2C2HF3O2/c1-21(13-15-3-2-9-18-11-15)12-14-4-6-16(7-5-14)17-8-10-19-20-17;2*3-2(4,5)1(6)7/h2-11H,12-13H2,1H3,(H,19,20);2*(H,6,7). The lowest BCUT2D eigenvalue weighted by Crippen LogP contribution is -2.21. The molecule has 8 nitrogen and oxygen atoms in total. The summed E-state index contributed by atoms with van der Waals surface area (Å²) in [5.41, 5.74) is 4.73. The Bertz CT molecular complexity index is 1020. The third kappa shape index (κ3) is 11.7. The second-order valence-corrected chi connectivity index (χ2v) is 6.81. The van der Waals surface area contributed by atoms with Crippen molar-refractivity contribution in [2.24, 2.45) is 0 Å². The average Bonchev–Trinajstić information content (AvgIpc) is 3.29. The monoisotopic (exact) mass is 506 g/mol. The van der Waals surface area contributed by atoms with Gasteiger partial charge in [-0.2, -0.15) is 31.4 Å². The second-order valence-electron chi connectivity index (χ2n) is 6.81. The van der Waals surface area contributed by atoms with Crippen LogP contribution in [-0.2, 0) is 22.7 Å². The first kappa shape index (κ1) is 29.1. The number of rotatable bonds is 5. The van der Waals surface area contributed by atoms with Crippen molar-refractivity contribution in [3.05, 3.63) is 72.2 Å². The van der Waals surface area contributed by atoms with Crippen LogP contribution >= 0.6 is 0 Å². The molecule has 2 heterocycles. The maximum Gasteiger partial charge on any atom is 0.490 e. The lowest BCUT2D eigenvalue weighted by molar-refractivity contribution is -0.193. The molecule has 0 spiro atoms. The third-order valence-electron chi connectivity index (χ3n) is 3.88. The number of aromatic nitrogens is 3. The van der Waals surface area contributed by atoms with E-state index in [4.69, 9.17) is 19.8 Å². The Balaban J connectivity index is 0.000000362. The van der Waals surface area contributed by atoms with Gasteiger partial charge in [0.2, 0.25) is 0 Å². The number of carboxylic acids is 2. The summed E-state index contributed by atoms with van der Waals surface area (Å²) in [5, 5.41) is 21.2. The van der Waals surface area contributed by atoms with Crippen molar-refractivity contribution in [3.63, 3.8) is 0 Å². The van der Waals surface area contributed by atoms with Crippen molar-refractivity contribution in [2.45, 2.75) is 25.4 Å². The number of halogens is 6. The fourth-order valence-corrected chi connectivity index (χ4v) is 2.38. The first-order chi connectivity index (χ1) is 16.2. The van der Waals surface area contributed by atoms with Crippen molar-refractivity contribution >= 4 is 11.9 Å². The molecule has 0 saturated heterocycles. The van der Waals surface area contributed by atoms with E-state index >= 15 is 0 Å². The zero-order valence-corrected chi connectivity index (χ0v) is 18.0. The third-order valence-corrected chi connectivity index (χ3v) is 3.88. The first-order valence-corrected chi connectivity index (χ1v) is 9.46. The highest BCUT2D eigenvalue weighted by Crippen LogP contribution is 2.18. The number of nitrogens with one attached hydrogen (secondary N) is 1. The van der Waals surface area contributed by atoms with Gasteiger partial charge in [-0.1, -0.05) is 30.3 Å². The van der Waals surface area contributed by atoms with Crippen molar-refractivity contribution in [1.82, 2.24) is 20.1 Å². The minimum Gasteiger partial charge on any atom is -0.475 e. The molecule has 0 amide bonds. The van der Waals surface area contributed by atoms with E-state index in [9.17, 15) is 26.3 Å². The lowest BCUT2D eigenvalue weighted by atomic mass is 10.1. The van der Waals surface area contributed by atoms with Crippen molar-refractivity contribution in [1.29, 1.82) is 0 Å². The molecule has 0 bridgehead atoms. The molecule has 0 aliphatic heterocycles. The molecule has 1 aromatic carbocycles. The van der Waals surface area contributed by atoms with Crippen LogP contribution in [0, 0.1) is 0 Å². The number of aromatic amines is 1. The van der Waals surface area contributed by atoms with Crippen LogP contribution in [0.5, 0.6) is 0 Å². The van der Waals surface area contributed by atoms with Gasteiger partial charge in [0, 0.05) is 31.7 Å². The Morgan fingerprint density at radius 1 is 0.857 bits per heavy atom. The smallest absolute Gasteiger partial charge is 0.475 e. The fraction of sp³-hybridized carbons (Fsp3) is 0.238. The van der Waals surface area contributed by atoms with Crippen LogP contribution in [0.2, 0.25) is 0 Å². The number of carbonyl (C=O) groups is 2. The molecule has 0 radical (unpaired) electrons. The maximum absolute atomic E-state index is 10.6. The van der Waals surface area contributed by atoms with Crippen molar-refractivity contribution in [3.8, 4) is 11.3 Å². The van der Waals surface area contributed by atoms with Crippen LogP contribution < -0.4 is 0 Å². The van der Waals surface area contributed by atoms with E-state index in [1.54, 1.807) is 12.4 Å². The van der Waals surface area contributed by atoms with Gasteiger partial charge in [0.1, 0.15) is 0 Å². The van der Waals surface area contributed by atoms with Crippen LogP contribution in [0.15, 0.2) is 61.1 Å². The number of pyridine rings is 1. The molecular formula is C21H20F6N4O4. The summed E-state index contributed by atoms with van der Waals surface area (Å²) in [7, 11) is 2.12. The fourth-order valence-electron chi connectivity index (χ4n) is 2.38. The molecule has 0 atom stereocenters. The van der Waals surface area contributed by atoms with Gasteiger partial charge in [-0.3, -0.25) is 15.0 Å². The highest BCUT2D eigenvalue weighted by molar-refractivity contribution is 5.73. The molecule has 3 N–H and O–H groups in total. The van der Waals surface area contributed by atoms with E-state index in [0.717, 1.165) is 24.3 Å². The molecule has 35 heavy (non-hydrogen) atoms. The molecule has 0 unspecified atom stereocenters. The summed E-state index contributed by atoms with van der Waals surface area (Å²) < 4.78 is 63.5. The highest BCUT2D eigenvalue weighted by atomic mass is 19.4. The van der Waals surface area contributed by atoms with Gasteiger partial charge in [0.05, 0.1) is 5.69 Å². The number of H-pyrrole nitrogens is 1. The van der Waals surface area contributed by atoms with E-state index in [1.165, 1.54) is 11.1 Å². The Kier molecular flexibility index (Phi) is 10.9. The van der Waals surface area contributed by atoms with Gasteiger partial charge in [0.15, 0.2) is 0 Å². The Labute approximate surface area is 194 Å².